The number of nitrogens with one attached hydrogen (secondary N) is 1. The van der Waals surface area contributed by atoms with Crippen molar-refractivity contribution < 1.29 is 28.9 Å². The third kappa shape index (κ3) is 4.75. The lowest BCUT2D eigenvalue weighted by Gasteiger charge is -2.50. The largest absolute Gasteiger partial charge is 0.543 e. The van der Waals surface area contributed by atoms with Crippen molar-refractivity contribution in [3.05, 3.63) is 52.9 Å². The molecule has 2 aromatic heterocycles. The molecular weight excluding hydrogens is 480 g/mol. The number of thiazole rings is 1. The molecule has 1 fully saturated rings. The SMILES string of the molecule is CC(C)ON=C(C(=O)NC1C(=O)N2C(C(=O)[O-])=C(C[n+]3ccccc3)CS[C@H]12)c1csc(N)n1. The number of nitrogens with two attached hydrogens (primary N) is 1. The maximum atomic E-state index is 13.0. The molecule has 11 nitrogen and oxygen atoms in total. The number of pyridine rings is 1. The van der Waals surface area contributed by atoms with Gasteiger partial charge in [0, 0.05) is 28.8 Å². The molecule has 2 aromatic rings. The normalized spacial score (nSPS) is 20.1. The number of aliphatic carboxylic acids is 1. The highest BCUT2D eigenvalue weighted by atomic mass is 32.2. The summed E-state index contributed by atoms with van der Waals surface area (Å²) in [6.07, 6.45) is 3.33. The molecule has 2 amide bonds. The first-order chi connectivity index (χ1) is 16.3. The van der Waals surface area contributed by atoms with Crippen LogP contribution in [-0.4, -0.2) is 56.7 Å². The number of aromatic nitrogens is 2. The number of oxime groups is 1. The minimum Gasteiger partial charge on any atom is -0.543 e. The molecule has 1 unspecified atom stereocenters. The number of carboxylic acid groups (broad SMARTS) is 1. The lowest BCUT2D eigenvalue weighted by Crippen LogP contribution is -2.71. The summed E-state index contributed by atoms with van der Waals surface area (Å²) < 4.78 is 1.82. The molecule has 13 heteroatoms. The number of fused-ring (bicyclic) bond motifs is 1. The number of β-lactam (4-membered cyclic amide) rings is 1. The van der Waals surface area contributed by atoms with E-state index in [0.717, 1.165) is 11.3 Å². The third-order valence-corrected chi connectivity index (χ3v) is 7.03. The van der Waals surface area contributed by atoms with Crippen LogP contribution in [0.3, 0.4) is 0 Å². The number of nitrogen functional groups attached to an aromatic ring is 1. The monoisotopic (exact) mass is 502 g/mol. The van der Waals surface area contributed by atoms with Crippen LogP contribution in [0.2, 0.25) is 0 Å². The summed E-state index contributed by atoms with van der Waals surface area (Å²) in [5.41, 5.74) is 6.18. The maximum absolute atomic E-state index is 13.0. The summed E-state index contributed by atoms with van der Waals surface area (Å²) >= 11 is 2.51. The molecule has 178 valence electrons. The molecule has 0 saturated carbocycles. The molecule has 2 atom stereocenters. The molecule has 2 aliphatic rings. The Morgan fingerprint density at radius 3 is 2.74 bits per heavy atom. The average molecular weight is 503 g/mol. The second kappa shape index (κ2) is 9.81. The smallest absolute Gasteiger partial charge is 0.276 e. The zero-order valence-corrected chi connectivity index (χ0v) is 20.0. The van der Waals surface area contributed by atoms with Gasteiger partial charge >= 0.3 is 0 Å². The van der Waals surface area contributed by atoms with Crippen molar-refractivity contribution in [2.24, 2.45) is 5.16 Å². The van der Waals surface area contributed by atoms with E-state index in [1.165, 1.54) is 16.7 Å². The summed E-state index contributed by atoms with van der Waals surface area (Å²) in [5.74, 6) is -2.27. The summed E-state index contributed by atoms with van der Waals surface area (Å²) in [5, 5.41) is 19.7. The quantitative estimate of drug-likeness (QED) is 0.207. The fraction of sp³-hybridized carbons (Fsp3) is 0.333. The van der Waals surface area contributed by atoms with Gasteiger partial charge in [0.1, 0.15) is 23.2 Å². The minimum absolute atomic E-state index is 0.120. The van der Waals surface area contributed by atoms with Crippen molar-refractivity contribution in [2.45, 2.75) is 37.9 Å². The van der Waals surface area contributed by atoms with Crippen LogP contribution >= 0.6 is 23.1 Å². The molecule has 4 rings (SSSR count). The molecule has 3 N–H and O–H groups in total. The molecule has 34 heavy (non-hydrogen) atoms. The number of carbonyl (C=O) groups is 3. The highest BCUT2D eigenvalue weighted by molar-refractivity contribution is 8.00. The molecule has 1 saturated heterocycles. The van der Waals surface area contributed by atoms with E-state index in [2.05, 4.69) is 15.5 Å². The Kier molecular flexibility index (Phi) is 6.84. The number of carboxylic acids is 1. The van der Waals surface area contributed by atoms with E-state index in [-0.39, 0.29) is 28.3 Å². The topological polar surface area (TPSA) is 154 Å². The number of hydrogen-bond donors (Lipinski definition) is 2. The first-order valence-electron chi connectivity index (χ1n) is 10.3. The van der Waals surface area contributed by atoms with E-state index in [1.54, 1.807) is 19.2 Å². The first kappa shape index (κ1) is 23.7. The predicted octanol–water partition coefficient (Wildman–Crippen LogP) is -0.754. The van der Waals surface area contributed by atoms with Crippen molar-refractivity contribution in [1.29, 1.82) is 0 Å². The second-order valence-corrected chi connectivity index (χ2v) is 9.81. The molecule has 0 radical (unpaired) electrons. The van der Waals surface area contributed by atoms with Gasteiger partial charge in [-0.15, -0.1) is 23.1 Å². The lowest BCUT2D eigenvalue weighted by molar-refractivity contribution is -0.689. The molecule has 2 aliphatic heterocycles. The minimum atomic E-state index is -1.43. The highest BCUT2D eigenvalue weighted by Gasteiger charge is 2.53. The van der Waals surface area contributed by atoms with E-state index in [0.29, 0.717) is 17.9 Å². The van der Waals surface area contributed by atoms with Gasteiger partial charge in [0.15, 0.2) is 29.8 Å². The van der Waals surface area contributed by atoms with Crippen molar-refractivity contribution in [2.75, 3.05) is 11.5 Å². The van der Waals surface area contributed by atoms with Gasteiger partial charge in [-0.25, -0.2) is 9.55 Å². The standard InChI is InChI=1S/C21H22N6O5S2/c1-11(2)32-25-14(13-10-34-21(22)23-13)17(28)24-15-18(29)27-16(20(30)31)12(9-33-19(15)27)8-26-6-4-3-5-7-26/h3-7,10-11,15,19H,8-9H2,1-2H3,(H3-,22,23,24,28,30,31)/t15?,19-/m1/s1. The Balaban J connectivity index is 1.53. The van der Waals surface area contributed by atoms with Crippen LogP contribution in [0, 0.1) is 0 Å². The van der Waals surface area contributed by atoms with Crippen molar-refractivity contribution in [1.82, 2.24) is 15.2 Å². The Bertz CT molecular complexity index is 1180. The lowest BCUT2D eigenvalue weighted by atomic mass is 10.0. The van der Waals surface area contributed by atoms with Crippen molar-refractivity contribution in [3.63, 3.8) is 0 Å². The second-order valence-electron chi connectivity index (χ2n) is 7.81. The Labute approximate surface area is 203 Å². The number of hydrogen-bond acceptors (Lipinski definition) is 10. The number of anilines is 1. The van der Waals surface area contributed by atoms with E-state index in [1.807, 2.05) is 35.2 Å². The number of amides is 2. The van der Waals surface area contributed by atoms with E-state index in [9.17, 15) is 19.5 Å². The van der Waals surface area contributed by atoms with Gasteiger partial charge in [0.05, 0.1) is 11.7 Å². The van der Waals surface area contributed by atoms with E-state index in [4.69, 9.17) is 10.6 Å². The average Bonchev–Trinajstić information content (AvgIpc) is 3.23. The fourth-order valence-corrected chi connectivity index (χ4v) is 5.40. The number of thioether (sulfide) groups is 1. The van der Waals surface area contributed by atoms with Crippen molar-refractivity contribution in [3.8, 4) is 0 Å². The summed E-state index contributed by atoms with van der Waals surface area (Å²) in [6, 6.07) is 4.58. The van der Waals surface area contributed by atoms with Gasteiger partial charge in [0.2, 0.25) is 0 Å². The third-order valence-electron chi connectivity index (χ3n) is 5.01. The number of rotatable bonds is 8. The van der Waals surface area contributed by atoms with Crippen LogP contribution in [0.5, 0.6) is 0 Å². The predicted molar refractivity (Wildman–Crippen MR) is 123 cm³/mol. The molecular formula is C21H22N6O5S2. The Morgan fingerprint density at radius 1 is 1.38 bits per heavy atom. The van der Waals surface area contributed by atoms with Gasteiger partial charge in [-0.05, 0) is 13.8 Å². The van der Waals surface area contributed by atoms with Crippen LogP contribution in [0.4, 0.5) is 5.13 Å². The van der Waals surface area contributed by atoms with Gasteiger partial charge in [0.25, 0.3) is 11.8 Å². The van der Waals surface area contributed by atoms with Crippen LogP contribution < -0.4 is 20.7 Å². The first-order valence-corrected chi connectivity index (χ1v) is 12.3. The molecule has 0 spiro atoms. The zero-order chi connectivity index (χ0) is 24.4. The van der Waals surface area contributed by atoms with E-state index < -0.39 is 29.2 Å². The molecule has 0 bridgehead atoms. The van der Waals surface area contributed by atoms with Gasteiger partial charge in [-0.1, -0.05) is 11.2 Å². The van der Waals surface area contributed by atoms with Crippen molar-refractivity contribution >= 4 is 51.7 Å². The zero-order valence-electron chi connectivity index (χ0n) is 18.3. The summed E-state index contributed by atoms with van der Waals surface area (Å²) in [7, 11) is 0. The van der Waals surface area contributed by atoms with Crippen LogP contribution in [0.15, 0.2) is 52.4 Å². The molecule has 0 aliphatic carbocycles. The molecule has 4 heterocycles. The summed E-state index contributed by atoms with van der Waals surface area (Å²) in [4.78, 5) is 48.3. The van der Waals surface area contributed by atoms with Crippen LogP contribution in [0.25, 0.3) is 0 Å². The number of nitrogens with zero attached hydrogens (tertiary/aromatic N) is 4. The van der Waals surface area contributed by atoms with Gasteiger partial charge < -0.3 is 25.8 Å². The Hall–Kier alpha value is -3.45. The van der Waals surface area contributed by atoms with Gasteiger partial charge in [-0.3, -0.25) is 14.5 Å². The fourth-order valence-electron chi connectivity index (χ4n) is 3.52. The molecule has 0 aromatic carbocycles. The van der Waals surface area contributed by atoms with E-state index >= 15 is 0 Å². The van der Waals surface area contributed by atoms with Crippen LogP contribution in [0.1, 0.15) is 19.5 Å². The highest BCUT2D eigenvalue weighted by Crippen LogP contribution is 2.40. The van der Waals surface area contributed by atoms with Gasteiger partial charge in [-0.2, -0.15) is 0 Å². The maximum Gasteiger partial charge on any atom is 0.276 e. The van der Waals surface area contributed by atoms with Crippen LogP contribution in [-0.2, 0) is 25.8 Å². The summed E-state index contributed by atoms with van der Waals surface area (Å²) in [6.45, 7) is 3.80. The number of carbonyl (C=O) groups excluding carboxylic acids is 3. The Morgan fingerprint density at radius 2 is 2.12 bits per heavy atom.